The summed E-state index contributed by atoms with van der Waals surface area (Å²) < 4.78 is 0. The zero-order valence-electron chi connectivity index (χ0n) is 11.7. The summed E-state index contributed by atoms with van der Waals surface area (Å²) in [7, 11) is 2.14. The largest absolute Gasteiger partial charge is 0.372 e. The summed E-state index contributed by atoms with van der Waals surface area (Å²) in [5.41, 5.74) is 3.64. The summed E-state index contributed by atoms with van der Waals surface area (Å²) in [6.45, 7) is 10.6. The second-order valence-electron chi connectivity index (χ2n) is 4.84. The van der Waals surface area contributed by atoms with Crippen molar-refractivity contribution in [3.05, 3.63) is 23.5 Å². The summed E-state index contributed by atoms with van der Waals surface area (Å²) in [5.74, 6) is 0. The second kappa shape index (κ2) is 6.60. The highest BCUT2D eigenvalue weighted by molar-refractivity contribution is 5.53. The van der Waals surface area contributed by atoms with E-state index in [9.17, 15) is 0 Å². The van der Waals surface area contributed by atoms with Crippen LogP contribution in [0, 0.1) is 6.92 Å². The first-order valence-corrected chi connectivity index (χ1v) is 6.45. The van der Waals surface area contributed by atoms with Gasteiger partial charge < -0.3 is 10.2 Å². The van der Waals surface area contributed by atoms with E-state index in [1.807, 2.05) is 13.1 Å². The van der Waals surface area contributed by atoms with Crippen LogP contribution in [0.15, 0.2) is 12.3 Å². The van der Waals surface area contributed by atoms with Crippen LogP contribution in [-0.4, -0.2) is 24.6 Å². The highest BCUT2D eigenvalue weighted by Gasteiger charge is 2.10. The Bertz CT molecular complexity index is 347. The Morgan fingerprint density at radius 1 is 1.41 bits per heavy atom. The minimum Gasteiger partial charge on any atom is -0.372 e. The Kier molecular flexibility index (Phi) is 5.42. The zero-order chi connectivity index (χ0) is 12.8. The summed E-state index contributed by atoms with van der Waals surface area (Å²) in [6.07, 6.45) is 3.15. The van der Waals surface area contributed by atoms with Gasteiger partial charge in [0, 0.05) is 42.8 Å². The molecule has 0 spiro atoms. The Hall–Kier alpha value is -1.09. The van der Waals surface area contributed by atoms with Crippen molar-refractivity contribution >= 4 is 5.69 Å². The van der Waals surface area contributed by atoms with Gasteiger partial charge in [0.1, 0.15) is 0 Å². The SMILES string of the molecule is CCCNCc1cnc(C)cc1N(C)C(C)C. The van der Waals surface area contributed by atoms with Crippen LogP contribution in [0.1, 0.15) is 38.4 Å². The minimum absolute atomic E-state index is 0.502. The molecule has 1 heterocycles. The number of rotatable bonds is 6. The van der Waals surface area contributed by atoms with Crippen LogP contribution in [0.2, 0.25) is 0 Å². The minimum atomic E-state index is 0.502. The first-order valence-electron chi connectivity index (χ1n) is 6.45. The molecule has 0 aliphatic rings. The van der Waals surface area contributed by atoms with Crippen LogP contribution in [0.4, 0.5) is 5.69 Å². The van der Waals surface area contributed by atoms with Gasteiger partial charge in [-0.25, -0.2) is 0 Å². The van der Waals surface area contributed by atoms with Gasteiger partial charge in [-0.05, 0) is 39.8 Å². The van der Waals surface area contributed by atoms with E-state index in [0.717, 1.165) is 25.2 Å². The van der Waals surface area contributed by atoms with E-state index in [4.69, 9.17) is 0 Å². The molecule has 0 bridgehead atoms. The smallest absolute Gasteiger partial charge is 0.0445 e. The molecule has 0 unspecified atom stereocenters. The Morgan fingerprint density at radius 3 is 2.71 bits per heavy atom. The third-order valence-corrected chi connectivity index (χ3v) is 3.00. The maximum atomic E-state index is 4.39. The fraction of sp³-hybridized carbons (Fsp3) is 0.643. The van der Waals surface area contributed by atoms with Crippen LogP contribution in [0.25, 0.3) is 0 Å². The summed E-state index contributed by atoms with van der Waals surface area (Å²) in [5, 5.41) is 3.44. The van der Waals surface area contributed by atoms with Crippen molar-refractivity contribution in [1.29, 1.82) is 0 Å². The van der Waals surface area contributed by atoms with Gasteiger partial charge in [0.25, 0.3) is 0 Å². The molecule has 3 heteroatoms. The molecule has 1 aromatic rings. The predicted octanol–water partition coefficient (Wildman–Crippen LogP) is 2.73. The van der Waals surface area contributed by atoms with Crippen LogP contribution in [0.5, 0.6) is 0 Å². The highest BCUT2D eigenvalue weighted by Crippen LogP contribution is 2.21. The molecule has 0 radical (unpaired) electrons. The first-order chi connectivity index (χ1) is 8.06. The molecule has 0 atom stereocenters. The highest BCUT2D eigenvalue weighted by atomic mass is 15.1. The van der Waals surface area contributed by atoms with E-state index >= 15 is 0 Å². The quantitative estimate of drug-likeness (QED) is 0.768. The van der Waals surface area contributed by atoms with Crippen molar-refractivity contribution in [1.82, 2.24) is 10.3 Å². The Balaban J connectivity index is 2.87. The van der Waals surface area contributed by atoms with Gasteiger partial charge in [0.05, 0.1) is 0 Å². The molecule has 0 aromatic carbocycles. The van der Waals surface area contributed by atoms with E-state index in [1.54, 1.807) is 0 Å². The van der Waals surface area contributed by atoms with Crippen LogP contribution >= 0.6 is 0 Å². The van der Waals surface area contributed by atoms with E-state index in [0.29, 0.717) is 6.04 Å². The molecular formula is C14H25N3. The Labute approximate surface area is 105 Å². The average Bonchev–Trinajstić information content (AvgIpc) is 2.30. The van der Waals surface area contributed by atoms with Gasteiger partial charge in [-0.2, -0.15) is 0 Å². The molecule has 96 valence electrons. The van der Waals surface area contributed by atoms with Crippen molar-refractivity contribution in [3.8, 4) is 0 Å². The van der Waals surface area contributed by atoms with Gasteiger partial charge >= 0.3 is 0 Å². The van der Waals surface area contributed by atoms with Crippen molar-refractivity contribution < 1.29 is 0 Å². The molecule has 1 aromatic heterocycles. The number of nitrogens with one attached hydrogen (secondary N) is 1. The number of anilines is 1. The van der Waals surface area contributed by atoms with Crippen LogP contribution < -0.4 is 10.2 Å². The fourth-order valence-corrected chi connectivity index (χ4v) is 1.72. The molecule has 0 fully saturated rings. The molecule has 1 N–H and O–H groups in total. The topological polar surface area (TPSA) is 28.2 Å². The molecule has 3 nitrogen and oxygen atoms in total. The second-order valence-corrected chi connectivity index (χ2v) is 4.84. The van der Waals surface area contributed by atoms with Crippen molar-refractivity contribution in [2.45, 2.75) is 46.7 Å². The maximum Gasteiger partial charge on any atom is 0.0445 e. The number of hydrogen-bond donors (Lipinski definition) is 1. The van der Waals surface area contributed by atoms with Crippen molar-refractivity contribution in [2.24, 2.45) is 0 Å². The average molecular weight is 235 g/mol. The Morgan fingerprint density at radius 2 is 2.12 bits per heavy atom. The molecule has 0 aliphatic carbocycles. The summed E-state index contributed by atoms with van der Waals surface area (Å²) in [4.78, 5) is 6.70. The van der Waals surface area contributed by atoms with E-state index < -0.39 is 0 Å². The molecule has 0 saturated heterocycles. The van der Waals surface area contributed by atoms with Crippen LogP contribution in [0.3, 0.4) is 0 Å². The third kappa shape index (κ3) is 4.00. The number of hydrogen-bond acceptors (Lipinski definition) is 3. The maximum absolute atomic E-state index is 4.39. The van der Waals surface area contributed by atoms with Crippen LogP contribution in [-0.2, 0) is 6.54 Å². The third-order valence-electron chi connectivity index (χ3n) is 3.00. The molecule has 0 amide bonds. The van der Waals surface area contributed by atoms with E-state index in [2.05, 4.69) is 49.1 Å². The normalized spacial score (nSPS) is 10.9. The summed E-state index contributed by atoms with van der Waals surface area (Å²) in [6, 6.07) is 2.67. The van der Waals surface area contributed by atoms with Gasteiger partial charge in [-0.1, -0.05) is 6.92 Å². The van der Waals surface area contributed by atoms with Gasteiger partial charge in [-0.15, -0.1) is 0 Å². The van der Waals surface area contributed by atoms with Gasteiger partial charge in [0.15, 0.2) is 0 Å². The zero-order valence-corrected chi connectivity index (χ0v) is 11.7. The van der Waals surface area contributed by atoms with E-state index in [-0.39, 0.29) is 0 Å². The first kappa shape index (κ1) is 14.0. The van der Waals surface area contributed by atoms with Crippen molar-refractivity contribution in [2.75, 3.05) is 18.5 Å². The fourth-order valence-electron chi connectivity index (χ4n) is 1.72. The van der Waals surface area contributed by atoms with Crippen molar-refractivity contribution in [3.63, 3.8) is 0 Å². The lowest BCUT2D eigenvalue weighted by molar-refractivity contribution is 0.667. The standard InChI is InChI=1S/C14H25N3/c1-6-7-15-9-13-10-16-12(4)8-14(13)17(5)11(2)3/h8,10-11,15H,6-7,9H2,1-5H3. The molecular weight excluding hydrogens is 210 g/mol. The number of nitrogens with zero attached hydrogens (tertiary/aromatic N) is 2. The molecule has 17 heavy (non-hydrogen) atoms. The number of pyridine rings is 1. The monoisotopic (exact) mass is 235 g/mol. The lowest BCUT2D eigenvalue weighted by atomic mass is 10.1. The molecule has 1 rings (SSSR count). The summed E-state index contributed by atoms with van der Waals surface area (Å²) >= 11 is 0. The predicted molar refractivity (Wildman–Crippen MR) is 74.5 cm³/mol. The molecule has 0 aliphatic heterocycles. The lowest BCUT2D eigenvalue weighted by Gasteiger charge is -2.26. The number of aromatic nitrogens is 1. The van der Waals surface area contributed by atoms with E-state index in [1.165, 1.54) is 11.3 Å². The number of aryl methyl sites for hydroxylation is 1. The van der Waals surface area contributed by atoms with Gasteiger partial charge in [0.2, 0.25) is 0 Å². The lowest BCUT2D eigenvalue weighted by Crippen LogP contribution is -2.28. The van der Waals surface area contributed by atoms with Gasteiger partial charge in [-0.3, -0.25) is 4.98 Å². The molecule has 0 saturated carbocycles.